The molecule has 262 valence electrons. The van der Waals surface area contributed by atoms with Crippen LogP contribution in [0.15, 0.2) is 54.6 Å². The van der Waals surface area contributed by atoms with E-state index in [1.165, 1.54) is 49.2 Å². The minimum absolute atomic E-state index is 0.0161. The molecule has 1 N–H and O–H groups in total. The summed E-state index contributed by atoms with van der Waals surface area (Å²) < 4.78 is 126. The molecule has 17 heteroatoms. The number of nitrogens with zero attached hydrogens (tertiary/aromatic N) is 6. The van der Waals surface area contributed by atoms with E-state index in [0.717, 1.165) is 10.9 Å². The maximum Gasteiger partial charge on any atom is 0.416 e. The van der Waals surface area contributed by atoms with Gasteiger partial charge in [0.05, 0.1) is 35.3 Å². The smallest absolute Gasteiger partial charge is 0.416 e. The molecule has 0 fully saturated rings. The summed E-state index contributed by atoms with van der Waals surface area (Å²) in [4.78, 5) is 15.4. The van der Waals surface area contributed by atoms with Gasteiger partial charge in [-0.2, -0.15) is 44.3 Å². The third-order valence-corrected chi connectivity index (χ3v) is 8.25. The van der Waals surface area contributed by atoms with Crippen molar-refractivity contribution < 1.29 is 49.4 Å². The quantitative estimate of drug-likeness (QED) is 0.186. The van der Waals surface area contributed by atoms with Gasteiger partial charge in [0, 0.05) is 25.3 Å². The Labute approximate surface area is 273 Å². The molecular formula is C32H29F9N6O2. The van der Waals surface area contributed by atoms with Gasteiger partial charge >= 0.3 is 24.5 Å². The third kappa shape index (κ3) is 7.91. The topological polar surface area (TPSA) is 87.4 Å². The molecule has 2 heterocycles. The van der Waals surface area contributed by atoms with Gasteiger partial charge in [-0.15, -0.1) is 5.10 Å². The highest BCUT2D eigenvalue weighted by Gasteiger charge is 2.39. The van der Waals surface area contributed by atoms with Crippen LogP contribution in [-0.4, -0.2) is 37.8 Å². The first kappa shape index (κ1) is 35.5. The number of carboxylic acid groups (broad SMARTS) is 1. The van der Waals surface area contributed by atoms with E-state index in [0.29, 0.717) is 29.7 Å². The van der Waals surface area contributed by atoms with Crippen molar-refractivity contribution in [2.24, 2.45) is 7.05 Å². The Morgan fingerprint density at radius 3 is 2.04 bits per heavy atom. The number of aromatic carboxylic acids is 1. The van der Waals surface area contributed by atoms with Gasteiger partial charge in [0.25, 0.3) is 5.95 Å². The van der Waals surface area contributed by atoms with Crippen LogP contribution >= 0.6 is 0 Å². The summed E-state index contributed by atoms with van der Waals surface area (Å²) in [6, 6.07) is 8.48. The molecule has 0 radical (unpaired) electrons. The Kier molecular flexibility index (Phi) is 9.58. The van der Waals surface area contributed by atoms with Crippen molar-refractivity contribution in [3.8, 4) is 0 Å². The lowest BCUT2D eigenvalue weighted by atomic mass is 9.93. The van der Waals surface area contributed by atoms with Gasteiger partial charge in [-0.1, -0.05) is 30.2 Å². The fourth-order valence-corrected chi connectivity index (χ4v) is 5.98. The van der Waals surface area contributed by atoms with E-state index in [9.17, 15) is 49.4 Å². The van der Waals surface area contributed by atoms with Crippen LogP contribution in [0.4, 0.5) is 51.1 Å². The number of aryl methyl sites for hydroxylation is 2. The van der Waals surface area contributed by atoms with Gasteiger partial charge in [0.1, 0.15) is 0 Å². The number of alkyl halides is 9. The van der Waals surface area contributed by atoms with Crippen molar-refractivity contribution in [3.63, 3.8) is 0 Å². The standard InChI is InChI=1S/C32H29F9N6O2/c1-3-20-13-24-26(5-4-10-46(27(24)15-25(20)32(39,40)41)16-18-6-8-21(9-7-18)28(48)49)47(29-42-44-45(2)43-29)17-19-11-22(30(33,34)35)14-23(12-19)31(36,37)38/h6-9,11-15,26H,3-5,10,16-17H2,1-2H3,(H,48,49). The second-order valence-electron chi connectivity index (χ2n) is 11.6. The third-order valence-electron chi connectivity index (χ3n) is 8.25. The number of rotatable bonds is 8. The van der Waals surface area contributed by atoms with Crippen molar-refractivity contribution in [1.29, 1.82) is 0 Å². The summed E-state index contributed by atoms with van der Waals surface area (Å²) in [6.07, 6.45) is -14.4. The summed E-state index contributed by atoms with van der Waals surface area (Å²) in [7, 11) is 1.41. The first-order valence-electron chi connectivity index (χ1n) is 14.9. The molecule has 3 aromatic carbocycles. The average molecular weight is 701 g/mol. The number of carboxylic acids is 1. The molecule has 0 saturated carbocycles. The fraction of sp³-hybridized carbons (Fsp3) is 0.375. The molecule has 0 bridgehead atoms. The molecule has 0 aliphatic carbocycles. The molecule has 4 aromatic rings. The van der Waals surface area contributed by atoms with E-state index in [1.54, 1.807) is 4.90 Å². The Balaban J connectivity index is 1.67. The zero-order chi connectivity index (χ0) is 35.9. The molecule has 5 rings (SSSR count). The molecule has 1 atom stereocenters. The predicted molar refractivity (Wildman–Crippen MR) is 159 cm³/mol. The van der Waals surface area contributed by atoms with Crippen LogP contribution < -0.4 is 9.80 Å². The van der Waals surface area contributed by atoms with Gasteiger partial charge in [-0.05, 0) is 83.1 Å². The molecule has 1 aromatic heterocycles. The first-order chi connectivity index (χ1) is 22.8. The van der Waals surface area contributed by atoms with E-state index >= 15 is 0 Å². The van der Waals surface area contributed by atoms with Crippen LogP contribution in [0.25, 0.3) is 0 Å². The summed E-state index contributed by atoms with van der Waals surface area (Å²) in [5.74, 6) is -1.31. The van der Waals surface area contributed by atoms with Gasteiger partial charge in [-0.25, -0.2) is 4.79 Å². The zero-order valence-corrected chi connectivity index (χ0v) is 26.0. The predicted octanol–water partition coefficient (Wildman–Crippen LogP) is 8.08. The van der Waals surface area contributed by atoms with Crippen LogP contribution in [0, 0.1) is 0 Å². The van der Waals surface area contributed by atoms with E-state index in [-0.39, 0.29) is 60.3 Å². The number of hydrogen-bond acceptors (Lipinski definition) is 6. The highest BCUT2D eigenvalue weighted by Crippen LogP contribution is 2.45. The summed E-state index contributed by atoms with van der Waals surface area (Å²) in [6.45, 7) is 1.26. The van der Waals surface area contributed by atoms with Crippen LogP contribution in [0.5, 0.6) is 0 Å². The number of carbonyl (C=O) groups is 1. The largest absolute Gasteiger partial charge is 0.478 e. The summed E-state index contributed by atoms with van der Waals surface area (Å²) in [5, 5.41) is 21.2. The molecule has 49 heavy (non-hydrogen) atoms. The second-order valence-corrected chi connectivity index (χ2v) is 11.6. The molecule has 1 unspecified atom stereocenters. The average Bonchev–Trinajstić information content (AvgIpc) is 3.37. The van der Waals surface area contributed by atoms with Gasteiger partial charge in [0.2, 0.25) is 0 Å². The van der Waals surface area contributed by atoms with E-state index in [4.69, 9.17) is 0 Å². The van der Waals surface area contributed by atoms with Crippen molar-refractivity contribution >= 4 is 17.6 Å². The van der Waals surface area contributed by atoms with Crippen molar-refractivity contribution in [2.45, 2.75) is 63.8 Å². The summed E-state index contributed by atoms with van der Waals surface area (Å²) in [5.41, 5.74) is -3.28. The van der Waals surface area contributed by atoms with E-state index in [2.05, 4.69) is 15.4 Å². The van der Waals surface area contributed by atoms with E-state index < -0.39 is 53.8 Å². The minimum Gasteiger partial charge on any atom is -0.478 e. The highest BCUT2D eigenvalue weighted by atomic mass is 19.4. The van der Waals surface area contributed by atoms with Crippen molar-refractivity contribution in [1.82, 2.24) is 20.2 Å². The molecular weight excluding hydrogens is 671 g/mol. The lowest BCUT2D eigenvalue weighted by Gasteiger charge is -2.33. The SMILES string of the molecule is CCc1cc2c(cc1C(F)(F)F)N(Cc1ccc(C(=O)O)cc1)CCCC2N(Cc1cc(C(F)(F)F)cc(C(F)(F)F)c1)c1nnn(C)n1. The lowest BCUT2D eigenvalue weighted by molar-refractivity contribution is -0.143. The molecule has 0 saturated heterocycles. The number of anilines is 2. The number of halogens is 9. The number of benzene rings is 3. The van der Waals surface area contributed by atoms with Gasteiger partial charge in [0.15, 0.2) is 0 Å². The Bertz CT molecular complexity index is 1790. The monoisotopic (exact) mass is 700 g/mol. The molecule has 0 amide bonds. The molecule has 8 nitrogen and oxygen atoms in total. The van der Waals surface area contributed by atoms with Crippen LogP contribution in [0.1, 0.15) is 75.1 Å². The van der Waals surface area contributed by atoms with Gasteiger partial charge < -0.3 is 14.9 Å². The number of fused-ring (bicyclic) bond motifs is 1. The lowest BCUT2D eigenvalue weighted by Crippen LogP contribution is -2.30. The number of tetrazole rings is 1. The Morgan fingerprint density at radius 2 is 1.53 bits per heavy atom. The zero-order valence-electron chi connectivity index (χ0n) is 26.0. The molecule has 0 spiro atoms. The first-order valence-corrected chi connectivity index (χ1v) is 14.9. The van der Waals surface area contributed by atoms with E-state index in [1.807, 2.05) is 0 Å². The van der Waals surface area contributed by atoms with Gasteiger partial charge in [-0.3, -0.25) is 0 Å². The second kappa shape index (κ2) is 13.2. The highest BCUT2D eigenvalue weighted by molar-refractivity contribution is 5.87. The van der Waals surface area contributed by atoms with Crippen LogP contribution in [0.2, 0.25) is 0 Å². The van der Waals surface area contributed by atoms with Crippen molar-refractivity contribution in [2.75, 3.05) is 16.3 Å². The fourth-order valence-electron chi connectivity index (χ4n) is 5.98. The molecule has 1 aliphatic rings. The van der Waals surface area contributed by atoms with Crippen LogP contribution in [0.3, 0.4) is 0 Å². The molecule has 1 aliphatic heterocycles. The summed E-state index contributed by atoms with van der Waals surface area (Å²) >= 11 is 0. The normalized spacial score (nSPS) is 15.6. The Morgan fingerprint density at radius 1 is 0.898 bits per heavy atom. The number of hydrogen-bond donors (Lipinski definition) is 1. The number of aromatic nitrogens is 4. The van der Waals surface area contributed by atoms with Crippen LogP contribution in [-0.2, 0) is 45.1 Å². The maximum atomic E-state index is 14.4. The maximum absolute atomic E-state index is 14.4. The Hall–Kier alpha value is -4.83. The van der Waals surface area contributed by atoms with Crippen molar-refractivity contribution in [3.05, 3.63) is 99.1 Å². The minimum atomic E-state index is -5.10.